The molecule has 4 aliphatic rings. The minimum Gasteiger partial charge on any atom is -0.291 e. The Labute approximate surface area is 141 Å². The summed E-state index contributed by atoms with van der Waals surface area (Å²) in [6.07, 6.45) is 0. The van der Waals surface area contributed by atoms with Gasteiger partial charge in [0.2, 0.25) is 0 Å². The van der Waals surface area contributed by atoms with Crippen molar-refractivity contribution in [2.75, 3.05) is 5.48 Å². The lowest BCUT2D eigenvalue weighted by molar-refractivity contribution is -0.227. The maximum atomic E-state index is 14.4. The van der Waals surface area contributed by atoms with Gasteiger partial charge in [0.1, 0.15) is 0 Å². The van der Waals surface area contributed by atoms with Gasteiger partial charge < -0.3 is 0 Å². The van der Waals surface area contributed by atoms with Gasteiger partial charge in [0.15, 0.2) is 0 Å². The molecule has 2 aromatic carbocycles. The molecule has 140 valence electrons. The van der Waals surface area contributed by atoms with E-state index in [0.717, 1.165) is 5.48 Å². The molecule has 4 bridgehead atoms. The standard InChI is InChI=1S/C16H9F8NO/c17-13(18)8-1-3-9(4-2-8)14(19,20)16(23,24)11-6-5-10(15(13,21)22)7-12(11)25-26/h1-7,25-26H. The molecular weight excluding hydrogens is 374 g/mol. The number of alkyl halides is 8. The molecule has 10 heteroatoms. The van der Waals surface area contributed by atoms with E-state index in [2.05, 4.69) is 0 Å². The van der Waals surface area contributed by atoms with Crippen LogP contribution >= 0.6 is 0 Å². The van der Waals surface area contributed by atoms with E-state index in [1.807, 2.05) is 0 Å². The Morgan fingerprint density at radius 3 is 1.42 bits per heavy atom. The minimum atomic E-state index is -4.94. The zero-order valence-electron chi connectivity index (χ0n) is 12.5. The summed E-state index contributed by atoms with van der Waals surface area (Å²) >= 11 is 0. The van der Waals surface area contributed by atoms with Gasteiger partial charge in [-0.1, -0.05) is 36.4 Å². The van der Waals surface area contributed by atoms with Crippen LogP contribution in [0.4, 0.5) is 40.8 Å². The van der Waals surface area contributed by atoms with Gasteiger partial charge >= 0.3 is 23.7 Å². The van der Waals surface area contributed by atoms with E-state index in [1.54, 1.807) is 0 Å². The molecule has 6 rings (SSSR count). The molecule has 0 radical (unpaired) electrons. The van der Waals surface area contributed by atoms with Crippen LogP contribution in [0.1, 0.15) is 22.3 Å². The smallest absolute Gasteiger partial charge is 0.291 e. The fourth-order valence-electron chi connectivity index (χ4n) is 2.71. The van der Waals surface area contributed by atoms with Gasteiger partial charge in [-0.25, -0.2) is 0 Å². The molecule has 0 atom stereocenters. The maximum absolute atomic E-state index is 14.4. The Balaban J connectivity index is 2.42. The van der Waals surface area contributed by atoms with Crippen molar-refractivity contribution in [2.45, 2.75) is 23.7 Å². The molecule has 0 aliphatic heterocycles. The third kappa shape index (κ3) is 2.21. The second-order valence-electron chi connectivity index (χ2n) is 5.75. The topological polar surface area (TPSA) is 32.3 Å². The maximum Gasteiger partial charge on any atom is 0.341 e. The summed E-state index contributed by atoms with van der Waals surface area (Å²) in [5.74, 6) is -19.5. The van der Waals surface area contributed by atoms with E-state index < -0.39 is 51.6 Å². The monoisotopic (exact) mass is 383 g/mol. The number of rotatable bonds is 1. The first-order chi connectivity index (χ1) is 11.9. The van der Waals surface area contributed by atoms with Gasteiger partial charge in [0.05, 0.1) is 11.3 Å². The zero-order chi connectivity index (χ0) is 19.5. The highest BCUT2D eigenvalue weighted by Gasteiger charge is 2.62. The van der Waals surface area contributed by atoms with Crippen molar-refractivity contribution in [3.8, 4) is 0 Å². The highest BCUT2D eigenvalue weighted by atomic mass is 19.3. The molecule has 26 heavy (non-hydrogen) atoms. The molecule has 0 heterocycles. The van der Waals surface area contributed by atoms with Gasteiger partial charge in [-0.2, -0.15) is 35.1 Å². The summed E-state index contributed by atoms with van der Waals surface area (Å²) in [6, 6.07) is 1.43. The molecule has 0 fully saturated rings. The molecule has 0 unspecified atom stereocenters. The van der Waals surface area contributed by atoms with E-state index in [9.17, 15) is 35.1 Å². The Morgan fingerprint density at radius 1 is 0.577 bits per heavy atom. The van der Waals surface area contributed by atoms with Gasteiger partial charge in [-0.3, -0.25) is 10.7 Å². The van der Waals surface area contributed by atoms with Crippen molar-refractivity contribution in [1.82, 2.24) is 0 Å². The first-order valence-electron chi connectivity index (χ1n) is 7.04. The third-order valence-corrected chi connectivity index (χ3v) is 4.24. The van der Waals surface area contributed by atoms with E-state index in [1.165, 1.54) is 0 Å². The normalized spacial score (nSPS) is 21.7. The molecule has 4 aliphatic carbocycles. The molecule has 2 N–H and O–H groups in total. The second kappa shape index (κ2) is 5.32. The molecule has 0 amide bonds. The Kier molecular flexibility index (Phi) is 3.77. The van der Waals surface area contributed by atoms with Crippen molar-refractivity contribution < 1.29 is 40.3 Å². The van der Waals surface area contributed by atoms with E-state index in [-0.39, 0.29) is 42.5 Å². The lowest BCUT2D eigenvalue weighted by Gasteiger charge is -2.32. The first kappa shape index (κ1) is 18.4. The highest BCUT2D eigenvalue weighted by molar-refractivity contribution is 5.56. The van der Waals surface area contributed by atoms with E-state index in [0.29, 0.717) is 0 Å². The average Bonchev–Trinajstić information content (AvgIpc) is 2.60. The second-order valence-corrected chi connectivity index (χ2v) is 5.75. The molecule has 0 aromatic heterocycles. The van der Waals surface area contributed by atoms with Gasteiger partial charge in [0, 0.05) is 16.7 Å². The van der Waals surface area contributed by atoms with Crippen LogP contribution in [0.25, 0.3) is 0 Å². The van der Waals surface area contributed by atoms with E-state index >= 15 is 0 Å². The predicted molar refractivity (Wildman–Crippen MR) is 73.9 cm³/mol. The number of anilines is 1. The van der Waals surface area contributed by atoms with Crippen LogP contribution in [0.3, 0.4) is 0 Å². The lowest BCUT2D eigenvalue weighted by Crippen LogP contribution is -2.39. The van der Waals surface area contributed by atoms with Crippen molar-refractivity contribution in [1.29, 1.82) is 0 Å². The molecule has 2 aromatic rings. The van der Waals surface area contributed by atoms with Crippen LogP contribution < -0.4 is 5.48 Å². The summed E-state index contributed by atoms with van der Waals surface area (Å²) in [5, 5.41) is 8.92. The quantitative estimate of drug-likeness (QED) is 0.499. The van der Waals surface area contributed by atoms with Gasteiger partial charge in [-0.05, 0) is 6.07 Å². The van der Waals surface area contributed by atoms with Crippen LogP contribution in [-0.4, -0.2) is 5.21 Å². The Morgan fingerprint density at radius 2 is 0.962 bits per heavy atom. The fourth-order valence-corrected chi connectivity index (χ4v) is 2.71. The van der Waals surface area contributed by atoms with Crippen molar-refractivity contribution >= 4 is 5.69 Å². The zero-order valence-corrected chi connectivity index (χ0v) is 12.5. The Bertz CT molecular complexity index is 848. The average molecular weight is 383 g/mol. The number of hydrogen-bond acceptors (Lipinski definition) is 2. The van der Waals surface area contributed by atoms with Crippen LogP contribution in [0.15, 0.2) is 42.5 Å². The highest BCUT2D eigenvalue weighted by Crippen LogP contribution is 2.55. The van der Waals surface area contributed by atoms with Crippen LogP contribution in [-0.2, 0) is 23.7 Å². The van der Waals surface area contributed by atoms with Gasteiger partial charge in [-0.15, -0.1) is 0 Å². The lowest BCUT2D eigenvalue weighted by atomic mass is 9.88. The Hall–Kier alpha value is -2.36. The first-order valence-corrected chi connectivity index (χ1v) is 7.04. The van der Waals surface area contributed by atoms with Crippen molar-refractivity contribution in [3.63, 3.8) is 0 Å². The number of halogens is 8. The van der Waals surface area contributed by atoms with Gasteiger partial charge in [0.25, 0.3) is 0 Å². The summed E-state index contributed by atoms with van der Waals surface area (Å²) in [6.45, 7) is 0. The molecule has 0 saturated carbocycles. The van der Waals surface area contributed by atoms with E-state index in [4.69, 9.17) is 5.21 Å². The minimum absolute atomic E-state index is 0.0845. The van der Waals surface area contributed by atoms with Crippen molar-refractivity contribution in [2.24, 2.45) is 0 Å². The molecule has 0 saturated heterocycles. The summed E-state index contributed by atoms with van der Waals surface area (Å²) in [4.78, 5) is 0. The summed E-state index contributed by atoms with van der Waals surface area (Å²) < 4.78 is 115. The molecular formula is C16H9F8NO. The molecule has 0 spiro atoms. The van der Waals surface area contributed by atoms with Crippen LogP contribution in [0, 0.1) is 0 Å². The fraction of sp³-hybridized carbons (Fsp3) is 0.250. The third-order valence-electron chi connectivity index (χ3n) is 4.24. The largest absolute Gasteiger partial charge is 0.341 e. The van der Waals surface area contributed by atoms with Crippen LogP contribution in [0.2, 0.25) is 0 Å². The number of hydrogen-bond donors (Lipinski definition) is 2. The van der Waals surface area contributed by atoms with Crippen LogP contribution in [0.5, 0.6) is 0 Å². The number of nitrogens with one attached hydrogen (secondary N) is 1. The number of benzene rings is 2. The SMILES string of the molecule is ONc1cc2ccc1C(F)(F)C(F)(F)c1ccc(cc1)C(F)(F)C2(F)F. The molecule has 2 nitrogen and oxygen atoms in total. The summed E-state index contributed by atoms with van der Waals surface area (Å²) in [5.41, 5.74) is -5.78. The predicted octanol–water partition coefficient (Wildman–Crippen LogP) is 5.57. The summed E-state index contributed by atoms with van der Waals surface area (Å²) in [7, 11) is 0. The van der Waals surface area contributed by atoms with Crippen molar-refractivity contribution in [3.05, 3.63) is 64.7 Å².